The second-order valence-electron chi connectivity index (χ2n) is 6.31. The molecule has 1 aromatic rings. The SMILES string of the molecule is COc1cc(C(C)NC2CCN3CCCCC23)ccc1O. The maximum atomic E-state index is 9.70. The van der Waals surface area contributed by atoms with E-state index in [0.29, 0.717) is 17.8 Å². The first-order valence-corrected chi connectivity index (χ1v) is 8.06. The first-order chi connectivity index (χ1) is 10.2. The summed E-state index contributed by atoms with van der Waals surface area (Å²) in [5, 5.41) is 13.5. The summed E-state index contributed by atoms with van der Waals surface area (Å²) < 4.78 is 5.21. The van der Waals surface area contributed by atoms with Crippen molar-refractivity contribution in [1.29, 1.82) is 0 Å². The minimum absolute atomic E-state index is 0.202. The van der Waals surface area contributed by atoms with Gasteiger partial charge in [-0.05, 0) is 50.4 Å². The first kappa shape index (κ1) is 14.7. The Balaban J connectivity index is 1.67. The normalized spacial score (nSPS) is 27.3. The van der Waals surface area contributed by atoms with Gasteiger partial charge in [-0.15, -0.1) is 0 Å². The van der Waals surface area contributed by atoms with E-state index < -0.39 is 0 Å². The van der Waals surface area contributed by atoms with E-state index in [1.807, 2.05) is 12.1 Å². The molecule has 2 saturated heterocycles. The standard InChI is InChI=1S/C17H26N2O2/c1-12(13-6-7-16(20)17(11-13)21-2)18-14-8-10-19-9-4-3-5-15(14)19/h6-7,11-12,14-15,18,20H,3-5,8-10H2,1-2H3. The molecule has 2 aliphatic heterocycles. The molecule has 0 amide bonds. The van der Waals surface area contributed by atoms with Crippen molar-refractivity contribution >= 4 is 0 Å². The molecule has 4 heteroatoms. The highest BCUT2D eigenvalue weighted by Crippen LogP contribution is 2.31. The Hall–Kier alpha value is -1.26. The van der Waals surface area contributed by atoms with E-state index >= 15 is 0 Å². The third kappa shape index (κ3) is 3.01. The van der Waals surface area contributed by atoms with E-state index in [-0.39, 0.29) is 11.8 Å². The van der Waals surface area contributed by atoms with Crippen LogP contribution in [0.5, 0.6) is 11.5 Å². The van der Waals surface area contributed by atoms with E-state index in [2.05, 4.69) is 17.1 Å². The van der Waals surface area contributed by atoms with Gasteiger partial charge in [-0.3, -0.25) is 4.90 Å². The molecule has 2 aliphatic rings. The quantitative estimate of drug-likeness (QED) is 0.895. The molecule has 0 saturated carbocycles. The van der Waals surface area contributed by atoms with Gasteiger partial charge in [0, 0.05) is 24.7 Å². The Labute approximate surface area is 127 Å². The molecule has 4 nitrogen and oxygen atoms in total. The average Bonchev–Trinajstić information content (AvgIpc) is 2.91. The highest BCUT2D eigenvalue weighted by atomic mass is 16.5. The van der Waals surface area contributed by atoms with E-state index in [0.717, 1.165) is 0 Å². The number of nitrogens with one attached hydrogen (secondary N) is 1. The number of ether oxygens (including phenoxy) is 1. The molecule has 2 N–H and O–H groups in total. The fraction of sp³-hybridized carbons (Fsp3) is 0.647. The van der Waals surface area contributed by atoms with Crippen LogP contribution < -0.4 is 10.1 Å². The van der Waals surface area contributed by atoms with Gasteiger partial charge in [0.15, 0.2) is 11.5 Å². The van der Waals surface area contributed by atoms with E-state index in [1.54, 1.807) is 13.2 Å². The van der Waals surface area contributed by atoms with Gasteiger partial charge in [-0.2, -0.15) is 0 Å². The average molecular weight is 290 g/mol. The van der Waals surface area contributed by atoms with Gasteiger partial charge in [0.25, 0.3) is 0 Å². The van der Waals surface area contributed by atoms with Crippen LogP contribution in [0.15, 0.2) is 18.2 Å². The maximum Gasteiger partial charge on any atom is 0.160 e. The Bertz CT molecular complexity index is 492. The monoisotopic (exact) mass is 290 g/mol. The summed E-state index contributed by atoms with van der Waals surface area (Å²) in [6, 6.07) is 7.18. The number of hydrogen-bond donors (Lipinski definition) is 2. The topological polar surface area (TPSA) is 44.7 Å². The molecule has 0 aromatic heterocycles. The predicted molar refractivity (Wildman–Crippen MR) is 83.8 cm³/mol. The summed E-state index contributed by atoms with van der Waals surface area (Å²) in [6.45, 7) is 4.69. The molecule has 0 radical (unpaired) electrons. The highest BCUT2D eigenvalue weighted by molar-refractivity contribution is 5.42. The summed E-state index contributed by atoms with van der Waals surface area (Å²) in [6.07, 6.45) is 5.28. The molecular weight excluding hydrogens is 264 g/mol. The summed E-state index contributed by atoms with van der Waals surface area (Å²) in [7, 11) is 1.59. The zero-order chi connectivity index (χ0) is 14.8. The van der Waals surface area contributed by atoms with Gasteiger partial charge in [0.1, 0.15) is 0 Å². The maximum absolute atomic E-state index is 9.70. The van der Waals surface area contributed by atoms with Crippen molar-refractivity contribution in [2.75, 3.05) is 20.2 Å². The summed E-state index contributed by atoms with van der Waals surface area (Å²) >= 11 is 0. The number of phenols is 1. The Morgan fingerprint density at radius 2 is 2.14 bits per heavy atom. The lowest BCUT2D eigenvalue weighted by atomic mass is 9.97. The van der Waals surface area contributed by atoms with Crippen LogP contribution in [0.25, 0.3) is 0 Å². The summed E-state index contributed by atoms with van der Waals surface area (Å²) in [4.78, 5) is 2.64. The zero-order valence-corrected chi connectivity index (χ0v) is 13.0. The molecule has 2 heterocycles. The van der Waals surface area contributed by atoms with E-state index in [9.17, 15) is 5.11 Å². The van der Waals surface area contributed by atoms with Crippen LogP contribution in [-0.4, -0.2) is 42.3 Å². The number of rotatable bonds is 4. The fourth-order valence-electron chi connectivity index (χ4n) is 3.82. The van der Waals surface area contributed by atoms with Gasteiger partial charge in [0.2, 0.25) is 0 Å². The molecular formula is C17H26N2O2. The molecule has 3 atom stereocenters. The smallest absolute Gasteiger partial charge is 0.160 e. The Morgan fingerprint density at radius 3 is 2.95 bits per heavy atom. The fourth-order valence-corrected chi connectivity index (χ4v) is 3.82. The van der Waals surface area contributed by atoms with Crippen molar-refractivity contribution in [2.24, 2.45) is 0 Å². The number of piperidine rings is 1. The van der Waals surface area contributed by atoms with Crippen LogP contribution in [0, 0.1) is 0 Å². The van der Waals surface area contributed by atoms with Crippen molar-refractivity contribution in [3.8, 4) is 11.5 Å². The number of benzene rings is 1. The van der Waals surface area contributed by atoms with Crippen LogP contribution in [0.1, 0.15) is 44.2 Å². The second-order valence-corrected chi connectivity index (χ2v) is 6.31. The lowest BCUT2D eigenvalue weighted by Gasteiger charge is -2.34. The molecule has 0 aliphatic carbocycles. The van der Waals surface area contributed by atoms with E-state index in [1.165, 1.54) is 44.3 Å². The van der Waals surface area contributed by atoms with Gasteiger partial charge < -0.3 is 15.2 Å². The number of fused-ring (bicyclic) bond motifs is 1. The molecule has 0 spiro atoms. The van der Waals surface area contributed by atoms with Crippen LogP contribution in [0.2, 0.25) is 0 Å². The van der Waals surface area contributed by atoms with Crippen molar-refractivity contribution in [1.82, 2.24) is 10.2 Å². The van der Waals surface area contributed by atoms with Gasteiger partial charge >= 0.3 is 0 Å². The zero-order valence-electron chi connectivity index (χ0n) is 13.0. The lowest BCUT2D eigenvalue weighted by molar-refractivity contribution is 0.177. The van der Waals surface area contributed by atoms with Crippen LogP contribution in [0.3, 0.4) is 0 Å². The van der Waals surface area contributed by atoms with Crippen molar-refractivity contribution in [3.63, 3.8) is 0 Å². The molecule has 21 heavy (non-hydrogen) atoms. The minimum atomic E-state index is 0.202. The minimum Gasteiger partial charge on any atom is -0.504 e. The van der Waals surface area contributed by atoms with Gasteiger partial charge in [0.05, 0.1) is 7.11 Å². The molecule has 0 bridgehead atoms. The second kappa shape index (κ2) is 6.24. The molecule has 116 valence electrons. The van der Waals surface area contributed by atoms with Crippen molar-refractivity contribution in [3.05, 3.63) is 23.8 Å². The van der Waals surface area contributed by atoms with Crippen molar-refractivity contribution in [2.45, 2.75) is 50.7 Å². The predicted octanol–water partition coefficient (Wildman–Crippen LogP) is 2.68. The van der Waals surface area contributed by atoms with Crippen molar-refractivity contribution < 1.29 is 9.84 Å². The van der Waals surface area contributed by atoms with E-state index in [4.69, 9.17) is 4.74 Å². The number of methoxy groups -OCH3 is 1. The third-order valence-corrected chi connectivity index (χ3v) is 5.02. The molecule has 2 fully saturated rings. The van der Waals surface area contributed by atoms with Crippen LogP contribution in [-0.2, 0) is 0 Å². The Morgan fingerprint density at radius 1 is 1.29 bits per heavy atom. The highest BCUT2D eigenvalue weighted by Gasteiger charge is 2.35. The molecule has 1 aromatic carbocycles. The van der Waals surface area contributed by atoms with Gasteiger partial charge in [-0.25, -0.2) is 0 Å². The Kier molecular flexibility index (Phi) is 4.36. The van der Waals surface area contributed by atoms with Gasteiger partial charge in [-0.1, -0.05) is 12.5 Å². The van der Waals surface area contributed by atoms with Crippen LogP contribution >= 0.6 is 0 Å². The van der Waals surface area contributed by atoms with Crippen LogP contribution in [0.4, 0.5) is 0 Å². The summed E-state index contributed by atoms with van der Waals surface area (Å²) in [5.41, 5.74) is 1.17. The number of nitrogens with zero attached hydrogens (tertiary/aromatic N) is 1. The third-order valence-electron chi connectivity index (χ3n) is 5.02. The number of phenolic OH excluding ortho intramolecular Hbond substituents is 1. The number of aromatic hydroxyl groups is 1. The summed E-state index contributed by atoms with van der Waals surface area (Å²) in [5.74, 6) is 0.750. The molecule has 3 unspecified atom stereocenters. The number of hydrogen-bond acceptors (Lipinski definition) is 4. The first-order valence-electron chi connectivity index (χ1n) is 8.06. The molecule has 3 rings (SSSR count). The largest absolute Gasteiger partial charge is 0.504 e. The lowest BCUT2D eigenvalue weighted by Crippen LogP contribution is -2.45.